The molecule has 0 aromatic rings. The summed E-state index contributed by atoms with van der Waals surface area (Å²) < 4.78 is 0.130. The minimum absolute atomic E-state index is 0.130. The molecule has 0 aliphatic carbocycles. The van der Waals surface area contributed by atoms with E-state index in [1.54, 1.807) is 0 Å². The third-order valence-electron chi connectivity index (χ3n) is 2.60. The monoisotopic (exact) mass is 352 g/mol. The molecule has 1 N–H and O–H groups in total. The first-order valence-electron chi connectivity index (χ1n) is 7.56. The van der Waals surface area contributed by atoms with Gasteiger partial charge in [0, 0.05) is 6.42 Å². The summed E-state index contributed by atoms with van der Waals surface area (Å²) in [6.45, 7) is 13.6. The van der Waals surface area contributed by atoms with E-state index in [4.69, 9.17) is 0 Å². The number of rotatable bonds is 11. The molecule has 0 amide bonds. The Hall–Kier alpha value is 0.967. The third-order valence-corrected chi connectivity index (χ3v) is 8.65. The van der Waals surface area contributed by atoms with Crippen molar-refractivity contribution in [3.05, 3.63) is 11.8 Å². The minimum Gasteiger partial charge on any atom is -0.393 e. The Labute approximate surface area is 140 Å². The first kappa shape index (κ1) is 21.0. The zero-order valence-electron chi connectivity index (χ0n) is 13.9. The smallest absolute Gasteiger partial charge is 0.109 e. The van der Waals surface area contributed by atoms with E-state index in [1.807, 2.05) is 35.3 Å². The Morgan fingerprint density at radius 3 is 1.80 bits per heavy atom. The number of aliphatic hydroxyl groups excluding tert-OH is 1. The van der Waals surface area contributed by atoms with E-state index < -0.39 is 8.07 Å². The number of hydrogen-bond acceptors (Lipinski definition) is 4. The van der Waals surface area contributed by atoms with Crippen LogP contribution in [0.25, 0.3) is 0 Å². The van der Waals surface area contributed by atoms with E-state index in [1.165, 1.54) is 0 Å². The second kappa shape index (κ2) is 10.7. The molecule has 0 aliphatic rings. The molecule has 0 saturated heterocycles. The van der Waals surface area contributed by atoms with Crippen molar-refractivity contribution >= 4 is 43.4 Å². The normalized spacial score (nSPS) is 14.9. The molecule has 0 aromatic carbocycles. The Kier molecular flexibility index (Phi) is 11.2. The van der Waals surface area contributed by atoms with Crippen molar-refractivity contribution in [3.63, 3.8) is 0 Å². The molecule has 20 heavy (non-hydrogen) atoms. The van der Waals surface area contributed by atoms with Crippen LogP contribution >= 0.6 is 35.3 Å². The van der Waals surface area contributed by atoms with Crippen LogP contribution in [0.5, 0.6) is 0 Å². The molecule has 0 fully saturated rings. The Balaban J connectivity index is 4.58. The quantitative estimate of drug-likeness (QED) is 0.392. The lowest BCUT2D eigenvalue weighted by Gasteiger charge is -2.33. The fourth-order valence-corrected chi connectivity index (χ4v) is 8.13. The van der Waals surface area contributed by atoms with E-state index in [9.17, 15) is 5.11 Å². The highest BCUT2D eigenvalue weighted by molar-refractivity contribution is 8.33. The average molecular weight is 353 g/mol. The van der Waals surface area contributed by atoms with Gasteiger partial charge in [-0.3, -0.25) is 0 Å². The van der Waals surface area contributed by atoms with Crippen LogP contribution in [0.15, 0.2) is 11.8 Å². The second-order valence-corrected chi connectivity index (χ2v) is 16.4. The molecular formula is C15H32OS3Si. The summed E-state index contributed by atoms with van der Waals surface area (Å²) in [6, 6.07) is 0. The van der Waals surface area contributed by atoms with Crippen molar-refractivity contribution in [1.29, 1.82) is 0 Å². The molecule has 0 spiro atoms. The average Bonchev–Trinajstić information content (AvgIpc) is 2.27. The van der Waals surface area contributed by atoms with Crippen LogP contribution in [-0.2, 0) is 0 Å². The highest BCUT2D eigenvalue weighted by Crippen LogP contribution is 2.50. The topological polar surface area (TPSA) is 20.2 Å². The summed E-state index contributed by atoms with van der Waals surface area (Å²) in [5.74, 6) is 3.33. The lowest BCUT2D eigenvalue weighted by atomic mass is 10.2. The van der Waals surface area contributed by atoms with Gasteiger partial charge in [-0.1, -0.05) is 52.2 Å². The second-order valence-electron chi connectivity index (χ2n) is 5.84. The van der Waals surface area contributed by atoms with Crippen molar-refractivity contribution in [2.45, 2.75) is 62.8 Å². The molecule has 0 saturated carbocycles. The first-order chi connectivity index (χ1) is 9.28. The lowest BCUT2D eigenvalue weighted by molar-refractivity contribution is 0.171. The van der Waals surface area contributed by atoms with Crippen molar-refractivity contribution in [2.24, 2.45) is 0 Å². The van der Waals surface area contributed by atoms with Gasteiger partial charge in [-0.2, -0.15) is 0 Å². The van der Waals surface area contributed by atoms with Crippen LogP contribution in [0.1, 0.15) is 33.6 Å². The van der Waals surface area contributed by atoms with Crippen molar-refractivity contribution in [3.8, 4) is 0 Å². The molecule has 1 atom stereocenters. The number of aliphatic hydroxyl groups is 1. The number of hydrogen-bond donors (Lipinski definition) is 1. The molecule has 0 unspecified atom stereocenters. The summed E-state index contributed by atoms with van der Waals surface area (Å²) in [5.41, 5.74) is 2.34. The van der Waals surface area contributed by atoms with Gasteiger partial charge in [0.25, 0.3) is 0 Å². The minimum atomic E-state index is -1.14. The van der Waals surface area contributed by atoms with Gasteiger partial charge < -0.3 is 5.11 Å². The highest BCUT2D eigenvalue weighted by atomic mass is 32.3. The van der Waals surface area contributed by atoms with Crippen LogP contribution in [0, 0.1) is 0 Å². The van der Waals surface area contributed by atoms with Gasteiger partial charge in [0.05, 0.1) is 14.2 Å². The molecular weight excluding hydrogens is 320 g/mol. The largest absolute Gasteiger partial charge is 0.393 e. The zero-order valence-corrected chi connectivity index (χ0v) is 17.4. The summed E-state index contributed by atoms with van der Waals surface area (Å²) in [4.78, 5) is 0. The van der Waals surface area contributed by atoms with Crippen molar-refractivity contribution < 1.29 is 5.11 Å². The van der Waals surface area contributed by atoms with Gasteiger partial charge in [-0.25, -0.2) is 0 Å². The van der Waals surface area contributed by atoms with Gasteiger partial charge >= 0.3 is 0 Å². The summed E-state index contributed by atoms with van der Waals surface area (Å²) >= 11 is 5.97. The first-order valence-corrected chi connectivity index (χ1v) is 14.1. The fourth-order valence-electron chi connectivity index (χ4n) is 1.91. The number of thioether (sulfide) groups is 3. The van der Waals surface area contributed by atoms with E-state index in [2.05, 4.69) is 52.2 Å². The van der Waals surface area contributed by atoms with Crippen LogP contribution in [-0.4, -0.2) is 40.0 Å². The van der Waals surface area contributed by atoms with E-state index in [0.717, 1.165) is 30.1 Å². The highest BCUT2D eigenvalue weighted by Gasteiger charge is 2.32. The van der Waals surface area contributed by atoms with Crippen molar-refractivity contribution in [1.82, 2.24) is 0 Å². The molecule has 0 heterocycles. The molecule has 120 valence electrons. The lowest BCUT2D eigenvalue weighted by Crippen LogP contribution is -2.25. The van der Waals surface area contributed by atoms with Crippen LogP contribution < -0.4 is 0 Å². The standard InChI is InChI=1S/C15H32OS3Si/c1-7-17-15(18-8-2,19-9-3)13-14(16)11-10-12-20(4,5)6/h10,12,14,16H,7-9,11,13H2,1-6H3/b12-10-/t14-/m1/s1. The zero-order chi connectivity index (χ0) is 15.6. The van der Waals surface area contributed by atoms with Crippen LogP contribution in [0.2, 0.25) is 19.6 Å². The van der Waals surface area contributed by atoms with Gasteiger partial charge in [-0.05, 0) is 23.7 Å². The molecule has 0 radical (unpaired) electrons. The third kappa shape index (κ3) is 9.82. The Morgan fingerprint density at radius 2 is 1.45 bits per heavy atom. The van der Waals surface area contributed by atoms with E-state index in [0.29, 0.717) is 0 Å². The van der Waals surface area contributed by atoms with Crippen molar-refractivity contribution in [2.75, 3.05) is 17.3 Å². The van der Waals surface area contributed by atoms with Gasteiger partial charge in [0.1, 0.15) is 3.41 Å². The Bertz CT molecular complexity index is 260. The van der Waals surface area contributed by atoms with Gasteiger partial charge in [-0.15, -0.1) is 35.3 Å². The molecule has 0 aromatic heterocycles. The maximum Gasteiger partial charge on any atom is 0.109 e. The fraction of sp³-hybridized carbons (Fsp3) is 0.867. The SMILES string of the molecule is CCSC(C[C@H](O)C/C=C\[Si](C)(C)C)(SCC)SCC. The maximum absolute atomic E-state index is 10.4. The van der Waals surface area contributed by atoms with E-state index >= 15 is 0 Å². The molecule has 5 heteroatoms. The summed E-state index contributed by atoms with van der Waals surface area (Å²) in [6.07, 6.45) is 3.65. The summed E-state index contributed by atoms with van der Waals surface area (Å²) in [5, 5.41) is 10.4. The van der Waals surface area contributed by atoms with Gasteiger partial charge in [0.15, 0.2) is 0 Å². The molecule has 0 aliphatic heterocycles. The predicted octanol–water partition coefficient (Wildman–Crippen LogP) is 5.47. The molecule has 0 bridgehead atoms. The van der Waals surface area contributed by atoms with Gasteiger partial charge in [0.2, 0.25) is 0 Å². The maximum atomic E-state index is 10.4. The predicted molar refractivity (Wildman–Crippen MR) is 105 cm³/mol. The van der Waals surface area contributed by atoms with Crippen LogP contribution in [0.4, 0.5) is 0 Å². The summed E-state index contributed by atoms with van der Waals surface area (Å²) in [7, 11) is -1.14. The van der Waals surface area contributed by atoms with E-state index in [-0.39, 0.29) is 9.52 Å². The molecule has 1 nitrogen and oxygen atoms in total. The molecule has 0 rings (SSSR count). The Morgan fingerprint density at radius 1 is 1.00 bits per heavy atom. The van der Waals surface area contributed by atoms with Crippen LogP contribution in [0.3, 0.4) is 0 Å².